The molecule has 1 aromatic heterocycles. The number of rotatable bonds is 2. The molecule has 2 N–H and O–H groups in total. The first-order valence-electron chi connectivity index (χ1n) is 5.78. The Labute approximate surface area is 123 Å². The summed E-state index contributed by atoms with van der Waals surface area (Å²) in [5.74, 6) is -0.614. The van der Waals surface area contributed by atoms with Crippen LogP contribution in [0.5, 0.6) is 0 Å². The number of hydrogen-bond acceptors (Lipinski definition) is 3. The molecule has 6 heteroatoms. The number of aromatic nitrogens is 1. The lowest BCUT2D eigenvalue weighted by atomic mass is 10.1. The quantitative estimate of drug-likeness (QED) is 0.916. The van der Waals surface area contributed by atoms with Crippen molar-refractivity contribution < 1.29 is 4.39 Å². The van der Waals surface area contributed by atoms with Gasteiger partial charge in [-0.25, -0.2) is 4.39 Å². The van der Waals surface area contributed by atoms with Crippen molar-refractivity contribution in [1.29, 1.82) is 5.26 Å². The third-order valence-electron chi connectivity index (χ3n) is 3.05. The van der Waals surface area contributed by atoms with Gasteiger partial charge in [-0.05, 0) is 34.5 Å². The zero-order valence-corrected chi connectivity index (χ0v) is 12.2. The highest BCUT2D eigenvalue weighted by Gasteiger charge is 2.12. The fraction of sp³-hybridized carbons (Fsp3) is 0.143. The summed E-state index contributed by atoms with van der Waals surface area (Å²) in [6, 6.07) is 6.27. The van der Waals surface area contributed by atoms with Crippen LogP contribution in [0.4, 0.5) is 10.1 Å². The van der Waals surface area contributed by atoms with Crippen LogP contribution in [-0.2, 0) is 6.54 Å². The molecule has 0 bridgehead atoms. The van der Waals surface area contributed by atoms with Crippen LogP contribution >= 0.6 is 15.9 Å². The van der Waals surface area contributed by atoms with Crippen molar-refractivity contribution in [3.8, 4) is 6.07 Å². The molecule has 0 aliphatic rings. The lowest BCUT2D eigenvalue weighted by Crippen LogP contribution is -2.23. The van der Waals surface area contributed by atoms with E-state index in [-0.39, 0.29) is 23.2 Å². The summed E-state index contributed by atoms with van der Waals surface area (Å²) in [7, 11) is 0. The SMILES string of the molecule is Cc1c(N)cn(Cc2cccc(C#N)c2F)c(=O)c1Br. The number of halogens is 2. The molecular weight excluding hydrogens is 325 g/mol. The third-order valence-corrected chi connectivity index (χ3v) is 3.98. The molecule has 0 fully saturated rings. The minimum atomic E-state index is -0.614. The topological polar surface area (TPSA) is 71.8 Å². The highest BCUT2D eigenvalue weighted by atomic mass is 79.9. The van der Waals surface area contributed by atoms with Crippen molar-refractivity contribution in [2.24, 2.45) is 0 Å². The molecule has 0 aliphatic heterocycles. The molecule has 4 nitrogen and oxygen atoms in total. The molecule has 2 aromatic rings. The number of hydrogen-bond donors (Lipinski definition) is 1. The lowest BCUT2D eigenvalue weighted by Gasteiger charge is -2.11. The van der Waals surface area contributed by atoms with Crippen molar-refractivity contribution in [2.45, 2.75) is 13.5 Å². The largest absolute Gasteiger partial charge is 0.397 e. The van der Waals surface area contributed by atoms with Crippen LogP contribution in [-0.4, -0.2) is 4.57 Å². The monoisotopic (exact) mass is 335 g/mol. The smallest absolute Gasteiger partial charge is 0.265 e. The van der Waals surface area contributed by atoms with Gasteiger partial charge >= 0.3 is 0 Å². The molecule has 0 amide bonds. The molecule has 2 rings (SSSR count). The molecule has 0 spiro atoms. The van der Waals surface area contributed by atoms with Gasteiger partial charge in [0.15, 0.2) is 0 Å². The van der Waals surface area contributed by atoms with Crippen LogP contribution in [0.25, 0.3) is 0 Å². The van der Waals surface area contributed by atoms with Gasteiger partial charge in [0.25, 0.3) is 5.56 Å². The average molecular weight is 336 g/mol. The van der Waals surface area contributed by atoms with Gasteiger partial charge in [0.1, 0.15) is 11.9 Å². The van der Waals surface area contributed by atoms with Gasteiger partial charge in [-0.3, -0.25) is 4.79 Å². The van der Waals surface area contributed by atoms with Gasteiger partial charge in [0.05, 0.1) is 22.3 Å². The standard InChI is InChI=1S/C14H11BrFN3O/c1-8-11(18)7-19(14(20)12(8)15)6-10-4-2-3-9(5-17)13(10)16/h2-4,7H,6,18H2,1H3. The second kappa shape index (κ2) is 5.47. The van der Waals surface area contributed by atoms with E-state index in [0.717, 1.165) is 0 Å². The summed E-state index contributed by atoms with van der Waals surface area (Å²) >= 11 is 3.18. The van der Waals surface area contributed by atoms with Crippen LogP contribution in [0, 0.1) is 24.1 Å². The van der Waals surface area contributed by atoms with Crippen LogP contribution in [0.15, 0.2) is 33.7 Å². The highest BCUT2D eigenvalue weighted by Crippen LogP contribution is 2.19. The van der Waals surface area contributed by atoms with Gasteiger partial charge in [-0.2, -0.15) is 5.26 Å². The van der Waals surface area contributed by atoms with Crippen LogP contribution < -0.4 is 11.3 Å². The number of nitrogens with zero attached hydrogens (tertiary/aromatic N) is 2. The highest BCUT2D eigenvalue weighted by molar-refractivity contribution is 9.10. The maximum Gasteiger partial charge on any atom is 0.265 e. The van der Waals surface area contributed by atoms with E-state index in [1.165, 1.54) is 22.9 Å². The van der Waals surface area contributed by atoms with Crippen molar-refractivity contribution in [2.75, 3.05) is 5.73 Å². The van der Waals surface area contributed by atoms with Crippen molar-refractivity contribution >= 4 is 21.6 Å². The number of nitrogens with two attached hydrogens (primary N) is 1. The zero-order valence-electron chi connectivity index (χ0n) is 10.7. The Morgan fingerprint density at radius 3 is 2.85 bits per heavy atom. The van der Waals surface area contributed by atoms with Gasteiger partial charge in [-0.15, -0.1) is 0 Å². The Balaban J connectivity index is 2.52. The normalized spacial score (nSPS) is 10.3. The first-order valence-corrected chi connectivity index (χ1v) is 6.57. The summed E-state index contributed by atoms with van der Waals surface area (Å²) in [5.41, 5.74) is 6.82. The van der Waals surface area contributed by atoms with E-state index < -0.39 is 5.82 Å². The predicted molar refractivity (Wildman–Crippen MR) is 77.8 cm³/mol. The number of nitrogen functional groups attached to an aromatic ring is 1. The molecule has 1 aromatic carbocycles. The Morgan fingerprint density at radius 1 is 1.50 bits per heavy atom. The zero-order chi connectivity index (χ0) is 14.9. The number of pyridine rings is 1. The third kappa shape index (κ3) is 2.45. The Bertz CT molecular complexity index is 777. The van der Waals surface area contributed by atoms with E-state index in [2.05, 4.69) is 15.9 Å². The summed E-state index contributed by atoms with van der Waals surface area (Å²) in [6.45, 7) is 1.74. The first kappa shape index (κ1) is 14.3. The Hall–Kier alpha value is -2.13. The number of anilines is 1. The van der Waals surface area contributed by atoms with Crippen LogP contribution in [0.1, 0.15) is 16.7 Å². The molecule has 0 saturated heterocycles. The molecule has 0 atom stereocenters. The van der Waals surface area contributed by atoms with Gasteiger partial charge < -0.3 is 10.3 Å². The Morgan fingerprint density at radius 2 is 2.20 bits per heavy atom. The number of benzene rings is 1. The van der Waals surface area contributed by atoms with E-state index in [0.29, 0.717) is 15.7 Å². The number of nitriles is 1. The molecule has 0 radical (unpaired) electrons. The summed E-state index contributed by atoms with van der Waals surface area (Å²) < 4.78 is 15.7. The van der Waals surface area contributed by atoms with Crippen LogP contribution in [0.3, 0.4) is 0 Å². The van der Waals surface area contributed by atoms with Gasteiger partial charge in [0.2, 0.25) is 0 Å². The van der Waals surface area contributed by atoms with Crippen molar-refractivity contribution in [3.63, 3.8) is 0 Å². The van der Waals surface area contributed by atoms with E-state index in [4.69, 9.17) is 11.0 Å². The second-order valence-corrected chi connectivity index (χ2v) is 5.14. The van der Waals surface area contributed by atoms with Gasteiger partial charge in [-0.1, -0.05) is 12.1 Å². The van der Waals surface area contributed by atoms with Crippen molar-refractivity contribution in [1.82, 2.24) is 4.57 Å². The second-order valence-electron chi connectivity index (χ2n) is 4.35. The molecule has 0 saturated carbocycles. The maximum absolute atomic E-state index is 14.0. The summed E-state index contributed by atoms with van der Waals surface area (Å²) in [5, 5.41) is 8.80. The summed E-state index contributed by atoms with van der Waals surface area (Å²) in [6.07, 6.45) is 1.47. The average Bonchev–Trinajstić information content (AvgIpc) is 2.44. The summed E-state index contributed by atoms with van der Waals surface area (Å²) in [4.78, 5) is 12.1. The molecule has 0 aliphatic carbocycles. The molecular formula is C14H11BrFN3O. The molecule has 20 heavy (non-hydrogen) atoms. The van der Waals surface area contributed by atoms with E-state index in [1.54, 1.807) is 19.1 Å². The van der Waals surface area contributed by atoms with Gasteiger partial charge in [0, 0.05) is 11.8 Å². The van der Waals surface area contributed by atoms with Crippen molar-refractivity contribution in [3.05, 3.63) is 61.7 Å². The van der Waals surface area contributed by atoms with E-state index in [1.807, 2.05) is 0 Å². The minimum Gasteiger partial charge on any atom is -0.397 e. The molecule has 0 unspecified atom stereocenters. The van der Waals surface area contributed by atoms with E-state index >= 15 is 0 Å². The Kier molecular flexibility index (Phi) is 3.91. The lowest BCUT2D eigenvalue weighted by molar-refractivity contribution is 0.592. The van der Waals surface area contributed by atoms with E-state index in [9.17, 15) is 9.18 Å². The fourth-order valence-electron chi connectivity index (χ4n) is 1.83. The molecule has 1 heterocycles. The minimum absolute atomic E-state index is 0.0171. The predicted octanol–water partition coefficient (Wildman–Crippen LogP) is 2.56. The fourth-order valence-corrected chi connectivity index (χ4v) is 2.28. The first-order chi connectivity index (χ1) is 9.45. The van der Waals surface area contributed by atoms with Crippen LogP contribution in [0.2, 0.25) is 0 Å². The molecule has 102 valence electrons. The maximum atomic E-state index is 14.0.